The highest BCUT2D eigenvalue weighted by atomic mass is 32.2. The minimum Gasteiger partial charge on any atom is -0.385 e. The van der Waals surface area contributed by atoms with E-state index in [9.17, 15) is 8.42 Å². The van der Waals surface area contributed by atoms with E-state index in [2.05, 4.69) is 10.0 Å². The first-order valence-electron chi connectivity index (χ1n) is 6.76. The van der Waals surface area contributed by atoms with Crippen LogP contribution in [0.1, 0.15) is 32.1 Å². The van der Waals surface area contributed by atoms with Crippen LogP contribution in [0.3, 0.4) is 0 Å². The molecule has 0 spiro atoms. The van der Waals surface area contributed by atoms with Crippen molar-refractivity contribution in [2.45, 2.75) is 37.4 Å². The maximum atomic E-state index is 12.2. The first-order chi connectivity index (χ1) is 8.58. The molecule has 1 saturated heterocycles. The van der Waals surface area contributed by atoms with E-state index in [-0.39, 0.29) is 10.7 Å². The average molecular weight is 276 g/mol. The minimum absolute atomic E-state index is 0.172. The maximum absolute atomic E-state index is 12.2. The van der Waals surface area contributed by atoms with E-state index in [0.717, 1.165) is 38.6 Å². The topological polar surface area (TPSA) is 67.4 Å². The SMILES string of the molecule is COCCC1(CNS(=O)(=O)C2CCCNC2)CC1. The lowest BCUT2D eigenvalue weighted by atomic mass is 10.0. The molecule has 1 atom stereocenters. The number of piperidine rings is 1. The van der Waals surface area contributed by atoms with Crippen LogP contribution < -0.4 is 10.0 Å². The molecule has 0 radical (unpaired) electrons. The van der Waals surface area contributed by atoms with Gasteiger partial charge < -0.3 is 10.1 Å². The Bertz CT molecular complexity index is 360. The van der Waals surface area contributed by atoms with Crippen molar-refractivity contribution in [3.05, 3.63) is 0 Å². The van der Waals surface area contributed by atoms with Crippen molar-refractivity contribution in [1.82, 2.24) is 10.0 Å². The molecule has 6 heteroatoms. The summed E-state index contributed by atoms with van der Waals surface area (Å²) in [4.78, 5) is 0. The van der Waals surface area contributed by atoms with Crippen molar-refractivity contribution in [1.29, 1.82) is 0 Å². The van der Waals surface area contributed by atoms with Gasteiger partial charge in [0.2, 0.25) is 10.0 Å². The van der Waals surface area contributed by atoms with Gasteiger partial charge in [-0.3, -0.25) is 0 Å². The summed E-state index contributed by atoms with van der Waals surface area (Å²) >= 11 is 0. The molecule has 106 valence electrons. The quantitative estimate of drug-likeness (QED) is 0.709. The summed E-state index contributed by atoms with van der Waals surface area (Å²) in [6, 6.07) is 0. The molecule has 0 bridgehead atoms. The number of ether oxygens (including phenoxy) is 1. The van der Waals surface area contributed by atoms with E-state index in [4.69, 9.17) is 4.74 Å². The molecule has 0 aromatic rings. The Kier molecular flexibility index (Phi) is 4.64. The zero-order chi connectivity index (χ0) is 13.1. The fraction of sp³-hybridized carbons (Fsp3) is 1.00. The molecular formula is C12H24N2O3S. The Morgan fingerprint density at radius 1 is 1.44 bits per heavy atom. The molecule has 1 unspecified atom stereocenters. The Balaban J connectivity index is 1.81. The predicted molar refractivity (Wildman–Crippen MR) is 71.0 cm³/mol. The van der Waals surface area contributed by atoms with Crippen LogP contribution in [-0.2, 0) is 14.8 Å². The molecule has 1 saturated carbocycles. The Morgan fingerprint density at radius 2 is 2.22 bits per heavy atom. The van der Waals surface area contributed by atoms with E-state index >= 15 is 0 Å². The van der Waals surface area contributed by atoms with Crippen LogP contribution in [0.4, 0.5) is 0 Å². The molecule has 18 heavy (non-hydrogen) atoms. The second kappa shape index (κ2) is 5.86. The van der Waals surface area contributed by atoms with Gasteiger partial charge in [0.1, 0.15) is 0 Å². The summed E-state index contributed by atoms with van der Waals surface area (Å²) in [7, 11) is -1.47. The van der Waals surface area contributed by atoms with Crippen LogP contribution in [0.2, 0.25) is 0 Å². The number of rotatable bonds is 7. The first-order valence-corrected chi connectivity index (χ1v) is 8.31. The third-order valence-electron chi connectivity index (χ3n) is 4.13. The van der Waals surface area contributed by atoms with Gasteiger partial charge in [-0.05, 0) is 44.1 Å². The van der Waals surface area contributed by atoms with Gasteiger partial charge in [-0.15, -0.1) is 0 Å². The molecule has 2 fully saturated rings. The Hall–Kier alpha value is -0.170. The number of methoxy groups -OCH3 is 1. The second-order valence-electron chi connectivity index (χ2n) is 5.58. The van der Waals surface area contributed by atoms with Crippen LogP contribution in [0.15, 0.2) is 0 Å². The smallest absolute Gasteiger partial charge is 0.215 e. The molecule has 1 aliphatic heterocycles. The lowest BCUT2D eigenvalue weighted by Crippen LogP contribution is -2.45. The first kappa shape index (κ1) is 14.2. The Labute approximate surface area is 110 Å². The van der Waals surface area contributed by atoms with Crippen LogP contribution in [-0.4, -0.2) is 47.0 Å². The lowest BCUT2D eigenvalue weighted by Gasteiger charge is -2.24. The van der Waals surface area contributed by atoms with Gasteiger partial charge in [0.25, 0.3) is 0 Å². The van der Waals surface area contributed by atoms with Gasteiger partial charge in [0.05, 0.1) is 5.25 Å². The minimum atomic E-state index is -3.15. The highest BCUT2D eigenvalue weighted by molar-refractivity contribution is 7.90. The standard InChI is InChI=1S/C12H24N2O3S/c1-17-8-6-12(4-5-12)10-14-18(15,16)11-3-2-7-13-9-11/h11,13-14H,2-10H2,1H3. The number of sulfonamides is 1. The number of nitrogens with one attached hydrogen (secondary N) is 2. The molecule has 2 N–H and O–H groups in total. The van der Waals surface area contributed by atoms with Gasteiger partial charge in [-0.1, -0.05) is 0 Å². The molecule has 2 aliphatic rings. The second-order valence-corrected chi connectivity index (χ2v) is 7.62. The van der Waals surface area contributed by atoms with Crippen molar-refractivity contribution < 1.29 is 13.2 Å². The van der Waals surface area contributed by atoms with Crippen molar-refractivity contribution >= 4 is 10.0 Å². The van der Waals surface area contributed by atoms with Gasteiger partial charge in [-0.2, -0.15) is 0 Å². The van der Waals surface area contributed by atoms with E-state index in [0.29, 0.717) is 19.7 Å². The summed E-state index contributed by atoms with van der Waals surface area (Å²) in [6.45, 7) is 2.81. The lowest BCUT2D eigenvalue weighted by molar-refractivity contribution is 0.173. The van der Waals surface area contributed by atoms with E-state index in [1.165, 1.54) is 0 Å². The summed E-state index contributed by atoms with van der Waals surface area (Å²) in [5.74, 6) is 0. The largest absolute Gasteiger partial charge is 0.385 e. The van der Waals surface area contributed by atoms with Crippen molar-refractivity contribution in [3.63, 3.8) is 0 Å². The third-order valence-corrected chi connectivity index (χ3v) is 5.96. The normalized spacial score (nSPS) is 27.1. The van der Waals surface area contributed by atoms with Crippen molar-refractivity contribution in [3.8, 4) is 0 Å². The predicted octanol–water partition coefficient (Wildman–Crippen LogP) is 0.475. The molecule has 5 nitrogen and oxygen atoms in total. The summed E-state index contributed by atoms with van der Waals surface area (Å²) < 4.78 is 32.2. The molecule has 1 aliphatic carbocycles. The fourth-order valence-electron chi connectivity index (χ4n) is 2.47. The van der Waals surface area contributed by atoms with Gasteiger partial charge in [-0.25, -0.2) is 13.1 Å². The Morgan fingerprint density at radius 3 is 2.78 bits per heavy atom. The van der Waals surface area contributed by atoms with Crippen LogP contribution >= 0.6 is 0 Å². The van der Waals surface area contributed by atoms with E-state index < -0.39 is 10.0 Å². The molecule has 2 rings (SSSR count). The van der Waals surface area contributed by atoms with Crippen molar-refractivity contribution in [2.24, 2.45) is 5.41 Å². The van der Waals surface area contributed by atoms with Crippen LogP contribution in [0.5, 0.6) is 0 Å². The monoisotopic (exact) mass is 276 g/mol. The molecular weight excluding hydrogens is 252 g/mol. The van der Waals surface area contributed by atoms with Crippen molar-refractivity contribution in [2.75, 3.05) is 33.4 Å². The van der Waals surface area contributed by atoms with E-state index in [1.807, 2.05) is 0 Å². The van der Waals surface area contributed by atoms with Gasteiger partial charge >= 0.3 is 0 Å². The fourth-order valence-corrected chi connectivity index (χ4v) is 4.02. The summed E-state index contributed by atoms with van der Waals surface area (Å²) in [5, 5.41) is 2.89. The highest BCUT2D eigenvalue weighted by Crippen LogP contribution is 2.48. The average Bonchev–Trinajstić information content (AvgIpc) is 3.16. The summed E-state index contributed by atoms with van der Waals surface area (Å²) in [6.07, 6.45) is 4.90. The van der Waals surface area contributed by atoms with Crippen LogP contribution in [0, 0.1) is 5.41 Å². The molecule has 0 aromatic heterocycles. The van der Waals surface area contributed by atoms with Gasteiger partial charge in [0.15, 0.2) is 0 Å². The van der Waals surface area contributed by atoms with E-state index in [1.54, 1.807) is 7.11 Å². The van der Waals surface area contributed by atoms with Crippen LogP contribution in [0.25, 0.3) is 0 Å². The zero-order valence-corrected chi connectivity index (χ0v) is 11.9. The number of hydrogen-bond donors (Lipinski definition) is 2. The van der Waals surface area contributed by atoms with Gasteiger partial charge in [0, 0.05) is 26.8 Å². The third kappa shape index (κ3) is 3.66. The number of hydrogen-bond acceptors (Lipinski definition) is 4. The highest BCUT2D eigenvalue weighted by Gasteiger charge is 2.43. The molecule has 0 aromatic carbocycles. The molecule has 1 heterocycles. The summed E-state index contributed by atoms with van der Waals surface area (Å²) in [5.41, 5.74) is 0.172. The molecule has 0 amide bonds. The maximum Gasteiger partial charge on any atom is 0.215 e. The zero-order valence-electron chi connectivity index (χ0n) is 11.1.